The summed E-state index contributed by atoms with van der Waals surface area (Å²) in [7, 11) is 0. The summed E-state index contributed by atoms with van der Waals surface area (Å²) in [4.78, 5) is 32.8. The maximum atomic E-state index is 12.7. The number of carbonyl (C=O) groups is 1. The number of benzene rings is 1. The Labute approximate surface area is 180 Å². The number of allylic oxidation sites excluding steroid dienone is 1. The van der Waals surface area contributed by atoms with E-state index >= 15 is 0 Å². The van der Waals surface area contributed by atoms with E-state index in [-0.39, 0.29) is 25.0 Å². The molecule has 0 aliphatic heterocycles. The number of carbonyl (C=O) groups excluding carboxylic acids is 1. The van der Waals surface area contributed by atoms with Crippen LogP contribution in [0.3, 0.4) is 0 Å². The molecular weight excluding hydrogens is 402 g/mol. The summed E-state index contributed by atoms with van der Waals surface area (Å²) in [5.74, 6) is -0.673. The third-order valence-corrected chi connectivity index (χ3v) is 4.24. The van der Waals surface area contributed by atoms with Crippen molar-refractivity contribution in [2.75, 3.05) is 23.8 Å². The Bertz CT molecular complexity index is 934. The van der Waals surface area contributed by atoms with Crippen LogP contribution in [0.2, 0.25) is 0 Å². The average molecular weight is 429 g/mol. The van der Waals surface area contributed by atoms with E-state index in [9.17, 15) is 14.9 Å². The first-order chi connectivity index (χ1) is 14.9. The smallest absolute Gasteiger partial charge is 0.415 e. The van der Waals surface area contributed by atoms with E-state index in [1.54, 1.807) is 19.1 Å². The van der Waals surface area contributed by atoms with E-state index in [1.165, 1.54) is 0 Å². The molecule has 2 rings (SSSR count). The van der Waals surface area contributed by atoms with Gasteiger partial charge < -0.3 is 15.2 Å². The van der Waals surface area contributed by atoms with Crippen LogP contribution in [0.5, 0.6) is 6.01 Å². The summed E-state index contributed by atoms with van der Waals surface area (Å²) in [5.41, 5.74) is 6.96. The number of unbranched alkanes of at least 4 members (excludes halogenated alkanes) is 1. The Morgan fingerprint density at radius 2 is 2.06 bits per heavy atom. The molecule has 0 unspecified atom stereocenters. The molecule has 31 heavy (non-hydrogen) atoms. The number of nitrogens with zero attached hydrogens (tertiary/aromatic N) is 4. The molecule has 0 aliphatic carbocycles. The standard InChI is InChI=1S/C21H27N5O5/c1-4-7-12-31-20-23-18(22)17(26(28)29)19(24-20)25(21(27)30-6-3)14-16-11-8-10-15(13-16)9-5-2/h5,8,10-11,13H,2,4,6-7,9,12,14H2,1,3H3,(H2,22,23,24). The lowest BCUT2D eigenvalue weighted by Gasteiger charge is -2.22. The van der Waals surface area contributed by atoms with Gasteiger partial charge in [-0.1, -0.05) is 43.7 Å². The fourth-order valence-corrected chi connectivity index (χ4v) is 2.81. The van der Waals surface area contributed by atoms with Crippen LogP contribution in [0.1, 0.15) is 37.8 Å². The molecule has 166 valence electrons. The van der Waals surface area contributed by atoms with E-state index in [4.69, 9.17) is 15.2 Å². The van der Waals surface area contributed by atoms with E-state index < -0.39 is 22.5 Å². The van der Waals surface area contributed by atoms with Gasteiger partial charge in [-0.3, -0.25) is 15.0 Å². The van der Waals surface area contributed by atoms with Crippen LogP contribution >= 0.6 is 0 Å². The fraction of sp³-hybridized carbons (Fsp3) is 0.381. The van der Waals surface area contributed by atoms with Crippen LogP contribution in [0.4, 0.5) is 22.1 Å². The number of amides is 1. The minimum absolute atomic E-state index is 0.0183. The molecule has 0 saturated carbocycles. The average Bonchev–Trinajstić information content (AvgIpc) is 2.72. The largest absolute Gasteiger partial charge is 0.463 e. The van der Waals surface area contributed by atoms with Crippen molar-refractivity contribution in [3.05, 3.63) is 58.2 Å². The summed E-state index contributed by atoms with van der Waals surface area (Å²) < 4.78 is 10.6. The Balaban J connectivity index is 2.53. The SMILES string of the molecule is C=CCc1cccc(CN(C(=O)OCC)c2nc(OCCCC)nc(N)c2[N+](=O)[O-])c1. The van der Waals surface area contributed by atoms with Gasteiger partial charge in [0.05, 0.1) is 24.7 Å². The Kier molecular flexibility index (Phi) is 8.74. The van der Waals surface area contributed by atoms with Crippen molar-refractivity contribution in [3.8, 4) is 6.01 Å². The fourth-order valence-electron chi connectivity index (χ4n) is 2.81. The molecule has 0 saturated heterocycles. The number of anilines is 2. The molecule has 1 aromatic carbocycles. The Morgan fingerprint density at radius 1 is 1.32 bits per heavy atom. The number of hydrogen-bond donors (Lipinski definition) is 1. The van der Waals surface area contributed by atoms with Gasteiger partial charge in [0.1, 0.15) is 0 Å². The van der Waals surface area contributed by atoms with Crippen molar-refractivity contribution in [1.82, 2.24) is 9.97 Å². The predicted molar refractivity (Wildman–Crippen MR) is 117 cm³/mol. The maximum absolute atomic E-state index is 12.7. The summed E-state index contributed by atoms with van der Waals surface area (Å²) in [6.45, 7) is 7.73. The van der Waals surface area contributed by atoms with Crippen LogP contribution in [-0.4, -0.2) is 34.2 Å². The van der Waals surface area contributed by atoms with E-state index in [2.05, 4.69) is 16.5 Å². The molecule has 1 aromatic heterocycles. The molecule has 0 spiro atoms. The molecule has 1 heterocycles. The minimum atomic E-state index is -0.794. The topological polar surface area (TPSA) is 134 Å². The second-order valence-corrected chi connectivity index (χ2v) is 6.62. The summed E-state index contributed by atoms with van der Waals surface area (Å²) in [6.07, 6.45) is 3.23. The molecule has 0 atom stereocenters. The zero-order valence-electron chi connectivity index (χ0n) is 17.7. The van der Waals surface area contributed by atoms with Gasteiger partial charge in [0.15, 0.2) is 0 Å². The number of rotatable bonds is 11. The first-order valence-corrected chi connectivity index (χ1v) is 9.98. The van der Waals surface area contributed by atoms with Crippen LogP contribution < -0.4 is 15.4 Å². The van der Waals surface area contributed by atoms with Crippen LogP contribution in [0.15, 0.2) is 36.9 Å². The lowest BCUT2D eigenvalue weighted by atomic mass is 10.1. The van der Waals surface area contributed by atoms with Crippen molar-refractivity contribution in [3.63, 3.8) is 0 Å². The number of ether oxygens (including phenoxy) is 2. The van der Waals surface area contributed by atoms with Crippen molar-refractivity contribution in [2.24, 2.45) is 0 Å². The molecule has 10 nitrogen and oxygen atoms in total. The van der Waals surface area contributed by atoms with E-state index in [0.717, 1.165) is 28.9 Å². The highest BCUT2D eigenvalue weighted by atomic mass is 16.6. The van der Waals surface area contributed by atoms with Crippen molar-refractivity contribution in [1.29, 1.82) is 0 Å². The number of aromatic nitrogens is 2. The maximum Gasteiger partial charge on any atom is 0.415 e. The zero-order valence-corrected chi connectivity index (χ0v) is 17.7. The molecule has 1 amide bonds. The van der Waals surface area contributed by atoms with Gasteiger partial charge in [0, 0.05) is 0 Å². The molecule has 0 fully saturated rings. The molecule has 2 aromatic rings. The third-order valence-electron chi connectivity index (χ3n) is 4.24. The van der Waals surface area contributed by atoms with Gasteiger partial charge in [-0.15, -0.1) is 6.58 Å². The Hall–Kier alpha value is -3.69. The predicted octanol–water partition coefficient (Wildman–Crippen LogP) is 4.04. The minimum Gasteiger partial charge on any atom is -0.463 e. The highest BCUT2D eigenvalue weighted by Crippen LogP contribution is 2.34. The highest BCUT2D eigenvalue weighted by molar-refractivity contribution is 5.90. The normalized spacial score (nSPS) is 10.4. The van der Waals surface area contributed by atoms with Crippen molar-refractivity contribution < 1.29 is 19.2 Å². The van der Waals surface area contributed by atoms with Crippen molar-refractivity contribution >= 4 is 23.4 Å². The quantitative estimate of drug-likeness (QED) is 0.245. The van der Waals surface area contributed by atoms with Crippen molar-refractivity contribution in [2.45, 2.75) is 39.7 Å². The lowest BCUT2D eigenvalue weighted by molar-refractivity contribution is -0.383. The number of nitrogen functional groups attached to an aromatic ring is 1. The van der Waals surface area contributed by atoms with Gasteiger partial charge in [-0.2, -0.15) is 9.97 Å². The lowest BCUT2D eigenvalue weighted by Crippen LogP contribution is -2.33. The zero-order chi connectivity index (χ0) is 22.8. The van der Waals surface area contributed by atoms with Gasteiger partial charge in [0.2, 0.25) is 11.6 Å². The Morgan fingerprint density at radius 3 is 2.71 bits per heavy atom. The van der Waals surface area contributed by atoms with E-state index in [0.29, 0.717) is 13.0 Å². The van der Waals surface area contributed by atoms with Gasteiger partial charge >= 0.3 is 17.8 Å². The van der Waals surface area contributed by atoms with Gasteiger partial charge in [0.25, 0.3) is 0 Å². The summed E-state index contributed by atoms with van der Waals surface area (Å²) >= 11 is 0. The second kappa shape index (κ2) is 11.5. The highest BCUT2D eigenvalue weighted by Gasteiger charge is 2.32. The van der Waals surface area contributed by atoms with Crippen LogP contribution in [0.25, 0.3) is 0 Å². The number of nitro groups is 1. The van der Waals surface area contributed by atoms with Gasteiger partial charge in [-0.25, -0.2) is 4.79 Å². The summed E-state index contributed by atoms with van der Waals surface area (Å²) in [6, 6.07) is 7.29. The molecular formula is C21H27N5O5. The molecule has 0 aliphatic rings. The second-order valence-electron chi connectivity index (χ2n) is 6.62. The monoisotopic (exact) mass is 429 g/mol. The molecule has 10 heteroatoms. The van der Waals surface area contributed by atoms with Gasteiger partial charge in [-0.05, 0) is 30.9 Å². The first-order valence-electron chi connectivity index (χ1n) is 9.98. The summed E-state index contributed by atoms with van der Waals surface area (Å²) in [5, 5.41) is 11.7. The molecule has 0 bridgehead atoms. The van der Waals surface area contributed by atoms with Crippen LogP contribution in [0, 0.1) is 10.1 Å². The molecule has 2 N–H and O–H groups in total. The third kappa shape index (κ3) is 6.39. The number of nitrogens with two attached hydrogens (primary N) is 1. The van der Waals surface area contributed by atoms with E-state index in [1.807, 2.05) is 25.1 Å². The number of hydrogen-bond acceptors (Lipinski definition) is 8. The molecule has 0 radical (unpaired) electrons. The first kappa shape index (κ1) is 23.6. The van der Waals surface area contributed by atoms with Crippen LogP contribution in [-0.2, 0) is 17.7 Å².